The second-order valence-electron chi connectivity index (χ2n) is 5.18. The van der Waals surface area contributed by atoms with Gasteiger partial charge in [-0.25, -0.2) is 4.79 Å². The number of urea groups is 1. The van der Waals surface area contributed by atoms with Gasteiger partial charge in [-0.1, -0.05) is 17.3 Å². The Hall–Kier alpha value is -2.02. The minimum Gasteiger partial charge on any atom is -0.367 e. The highest BCUT2D eigenvalue weighted by molar-refractivity contribution is 9.10. The van der Waals surface area contributed by atoms with E-state index >= 15 is 0 Å². The monoisotopic (exact) mass is 364 g/mol. The van der Waals surface area contributed by atoms with Gasteiger partial charge in [-0.05, 0) is 35.0 Å². The van der Waals surface area contributed by atoms with Crippen molar-refractivity contribution < 1.29 is 9.32 Å². The van der Waals surface area contributed by atoms with Crippen LogP contribution in [0.2, 0.25) is 0 Å². The summed E-state index contributed by atoms with van der Waals surface area (Å²) >= 11 is 3.57. The number of aryl methyl sites for hydroxylation is 1. The molecule has 0 unspecified atom stereocenters. The third-order valence-corrected chi connectivity index (χ3v) is 4.29. The molecule has 1 aliphatic rings. The lowest BCUT2D eigenvalue weighted by Crippen LogP contribution is -2.50. The molecule has 22 heavy (non-hydrogen) atoms. The number of hydrogen-bond donors (Lipinski definition) is 1. The lowest BCUT2D eigenvalue weighted by atomic mass is 10.2. The van der Waals surface area contributed by atoms with E-state index in [1.54, 1.807) is 17.9 Å². The summed E-state index contributed by atoms with van der Waals surface area (Å²) in [4.78, 5) is 16.3. The van der Waals surface area contributed by atoms with Gasteiger partial charge in [0, 0.05) is 36.7 Å². The maximum absolute atomic E-state index is 12.2. The number of amides is 2. The molecule has 2 amide bonds. The number of nitrogens with zero attached hydrogens (tertiary/aromatic N) is 3. The molecule has 116 valence electrons. The van der Waals surface area contributed by atoms with Gasteiger partial charge in [0.05, 0.1) is 5.69 Å². The Kier molecular flexibility index (Phi) is 4.33. The Bertz CT molecular complexity index is 665. The number of anilines is 2. The number of para-hydroxylation sites is 1. The van der Waals surface area contributed by atoms with Gasteiger partial charge in [0.25, 0.3) is 0 Å². The van der Waals surface area contributed by atoms with Crippen LogP contribution in [-0.4, -0.2) is 42.3 Å². The van der Waals surface area contributed by atoms with Crippen molar-refractivity contribution in [3.05, 3.63) is 40.6 Å². The first kappa shape index (κ1) is 14.9. The van der Waals surface area contributed by atoms with E-state index in [0.29, 0.717) is 24.7 Å². The van der Waals surface area contributed by atoms with Crippen LogP contribution in [0.15, 0.2) is 39.3 Å². The molecule has 2 heterocycles. The normalized spacial score (nSPS) is 15.0. The summed E-state index contributed by atoms with van der Waals surface area (Å²) in [5.41, 5.74) is 1.16. The van der Waals surface area contributed by atoms with Crippen molar-refractivity contribution in [2.24, 2.45) is 0 Å². The highest BCUT2D eigenvalue weighted by atomic mass is 79.9. The maximum atomic E-state index is 12.2. The molecule has 0 saturated carbocycles. The fraction of sp³-hybridized carbons (Fsp3) is 0.333. The van der Waals surface area contributed by atoms with Crippen molar-refractivity contribution >= 4 is 33.5 Å². The zero-order valence-electron chi connectivity index (χ0n) is 12.3. The zero-order valence-corrected chi connectivity index (χ0v) is 13.8. The fourth-order valence-corrected chi connectivity index (χ4v) is 3.01. The van der Waals surface area contributed by atoms with Gasteiger partial charge in [-0.15, -0.1) is 0 Å². The highest BCUT2D eigenvalue weighted by Crippen LogP contribution is 2.26. The van der Waals surface area contributed by atoms with E-state index in [0.717, 1.165) is 23.2 Å². The number of aromatic nitrogens is 1. The summed E-state index contributed by atoms with van der Waals surface area (Å²) in [6.45, 7) is 4.73. The number of halogens is 1. The van der Waals surface area contributed by atoms with Crippen molar-refractivity contribution in [1.29, 1.82) is 0 Å². The third kappa shape index (κ3) is 3.24. The van der Waals surface area contributed by atoms with Crippen LogP contribution in [0.25, 0.3) is 0 Å². The Morgan fingerprint density at radius 3 is 2.64 bits per heavy atom. The van der Waals surface area contributed by atoms with Gasteiger partial charge in [-0.2, -0.15) is 0 Å². The van der Waals surface area contributed by atoms with Crippen LogP contribution in [0.4, 0.5) is 16.3 Å². The molecule has 2 aromatic rings. The van der Waals surface area contributed by atoms with Crippen LogP contribution in [0.3, 0.4) is 0 Å². The van der Waals surface area contributed by atoms with Gasteiger partial charge in [0.1, 0.15) is 5.76 Å². The number of carbonyl (C=O) groups excluding carboxylic acids is 1. The predicted molar refractivity (Wildman–Crippen MR) is 88.2 cm³/mol. The lowest BCUT2D eigenvalue weighted by Gasteiger charge is -2.36. The molecule has 0 atom stereocenters. The van der Waals surface area contributed by atoms with Gasteiger partial charge in [0.2, 0.25) is 0 Å². The van der Waals surface area contributed by atoms with Gasteiger partial charge >= 0.3 is 6.03 Å². The molecule has 0 bridgehead atoms. The number of benzene rings is 1. The molecule has 0 aliphatic carbocycles. The Morgan fingerprint density at radius 2 is 2.00 bits per heavy atom. The second kappa shape index (κ2) is 6.39. The van der Waals surface area contributed by atoms with Crippen molar-refractivity contribution in [3.63, 3.8) is 0 Å². The molecule has 1 aromatic carbocycles. The molecule has 7 heteroatoms. The van der Waals surface area contributed by atoms with E-state index in [1.807, 2.05) is 18.2 Å². The summed E-state index contributed by atoms with van der Waals surface area (Å²) in [6, 6.07) is 9.69. The molecule has 6 nitrogen and oxygen atoms in total. The molecule has 1 aromatic heterocycles. The van der Waals surface area contributed by atoms with Gasteiger partial charge < -0.3 is 14.3 Å². The van der Waals surface area contributed by atoms with Crippen molar-refractivity contribution in [1.82, 2.24) is 10.1 Å². The predicted octanol–water partition coefficient (Wildman–Crippen LogP) is 3.10. The largest absolute Gasteiger partial charge is 0.367 e. The SMILES string of the molecule is Cc1cc(NC(=O)N2CCN(c3ccccc3Br)CC2)no1. The maximum Gasteiger partial charge on any atom is 0.323 e. The number of rotatable bonds is 2. The van der Waals surface area contributed by atoms with E-state index in [9.17, 15) is 4.79 Å². The second-order valence-corrected chi connectivity index (χ2v) is 6.03. The van der Waals surface area contributed by atoms with Crippen molar-refractivity contribution in [2.45, 2.75) is 6.92 Å². The first-order chi connectivity index (χ1) is 10.6. The number of nitrogens with one attached hydrogen (secondary N) is 1. The van der Waals surface area contributed by atoms with Crippen LogP contribution >= 0.6 is 15.9 Å². The van der Waals surface area contributed by atoms with Crippen LogP contribution in [-0.2, 0) is 0 Å². The first-order valence-electron chi connectivity index (χ1n) is 7.12. The van der Waals surface area contributed by atoms with E-state index in [4.69, 9.17) is 4.52 Å². The lowest BCUT2D eigenvalue weighted by molar-refractivity contribution is 0.208. The topological polar surface area (TPSA) is 61.6 Å². The number of piperazine rings is 1. The minimum absolute atomic E-state index is 0.139. The van der Waals surface area contributed by atoms with Crippen LogP contribution in [0.1, 0.15) is 5.76 Å². The average molecular weight is 365 g/mol. The highest BCUT2D eigenvalue weighted by Gasteiger charge is 2.22. The summed E-state index contributed by atoms with van der Waals surface area (Å²) in [5, 5.41) is 6.53. The molecule has 1 saturated heterocycles. The smallest absolute Gasteiger partial charge is 0.323 e. The molecule has 0 spiro atoms. The molecule has 1 N–H and O–H groups in total. The summed E-state index contributed by atoms with van der Waals surface area (Å²) in [6.07, 6.45) is 0. The Labute approximate surface area is 137 Å². The molecular formula is C15H17BrN4O2. The first-order valence-corrected chi connectivity index (χ1v) is 7.91. The van der Waals surface area contributed by atoms with Crippen LogP contribution in [0.5, 0.6) is 0 Å². The fourth-order valence-electron chi connectivity index (χ4n) is 2.47. The summed E-state index contributed by atoms with van der Waals surface area (Å²) in [7, 11) is 0. The van der Waals surface area contributed by atoms with Gasteiger partial charge in [0.15, 0.2) is 5.82 Å². The van der Waals surface area contributed by atoms with E-state index < -0.39 is 0 Å². The van der Waals surface area contributed by atoms with Crippen LogP contribution in [0, 0.1) is 6.92 Å². The number of carbonyl (C=O) groups is 1. The zero-order chi connectivity index (χ0) is 15.5. The van der Waals surface area contributed by atoms with E-state index in [-0.39, 0.29) is 6.03 Å². The van der Waals surface area contributed by atoms with E-state index in [1.165, 1.54) is 0 Å². The van der Waals surface area contributed by atoms with Crippen molar-refractivity contribution in [3.8, 4) is 0 Å². The Morgan fingerprint density at radius 1 is 1.27 bits per heavy atom. The Balaban J connectivity index is 1.57. The summed E-state index contributed by atoms with van der Waals surface area (Å²) < 4.78 is 6.02. The molecule has 3 rings (SSSR count). The quantitative estimate of drug-likeness (QED) is 0.889. The van der Waals surface area contributed by atoms with E-state index in [2.05, 4.69) is 37.4 Å². The van der Waals surface area contributed by atoms with Crippen molar-refractivity contribution in [2.75, 3.05) is 36.4 Å². The summed E-state index contributed by atoms with van der Waals surface area (Å²) in [5.74, 6) is 1.13. The number of hydrogen-bond acceptors (Lipinski definition) is 4. The van der Waals surface area contributed by atoms with Crippen LogP contribution < -0.4 is 10.2 Å². The standard InChI is InChI=1S/C15H17BrN4O2/c1-11-10-14(18-22-11)17-15(21)20-8-6-19(7-9-20)13-5-3-2-4-12(13)16/h2-5,10H,6-9H2,1H3,(H,17,18,21). The molecular weight excluding hydrogens is 348 g/mol. The third-order valence-electron chi connectivity index (χ3n) is 3.62. The van der Waals surface area contributed by atoms with Gasteiger partial charge in [-0.3, -0.25) is 5.32 Å². The minimum atomic E-state index is -0.139. The molecule has 1 aliphatic heterocycles. The molecule has 0 radical (unpaired) electrons. The average Bonchev–Trinajstić information content (AvgIpc) is 2.93. The molecule has 1 fully saturated rings.